The molecule has 0 radical (unpaired) electrons. The van der Waals surface area contributed by atoms with Gasteiger partial charge in [-0.2, -0.15) is 0 Å². The molecule has 1 aromatic heterocycles. The van der Waals surface area contributed by atoms with Gasteiger partial charge in [0.1, 0.15) is 12.1 Å². The molecule has 0 bridgehead atoms. The van der Waals surface area contributed by atoms with Crippen molar-refractivity contribution in [3.05, 3.63) is 77.4 Å². The van der Waals surface area contributed by atoms with Gasteiger partial charge in [-0.05, 0) is 35.2 Å². The zero-order valence-electron chi connectivity index (χ0n) is 16.0. The van der Waals surface area contributed by atoms with E-state index in [0.29, 0.717) is 6.54 Å². The molecule has 0 fully saturated rings. The van der Waals surface area contributed by atoms with E-state index in [2.05, 4.69) is 34.5 Å². The Morgan fingerprint density at radius 2 is 1.82 bits per heavy atom. The lowest BCUT2D eigenvalue weighted by molar-refractivity contribution is 0.0938. The van der Waals surface area contributed by atoms with Gasteiger partial charge in [-0.15, -0.1) is 5.10 Å². The molecule has 0 aliphatic rings. The Morgan fingerprint density at radius 3 is 2.46 bits per heavy atom. The minimum absolute atomic E-state index is 0.0760. The molecular weight excluding hydrogens is 356 g/mol. The number of benzene rings is 2. The number of nitrogens with one attached hydrogen (secondary N) is 1. The van der Waals surface area contributed by atoms with Crippen LogP contribution in [-0.2, 0) is 19.5 Å². The molecule has 7 nitrogen and oxygen atoms in total. The lowest BCUT2D eigenvalue weighted by atomic mass is 10.1. The van der Waals surface area contributed by atoms with Crippen LogP contribution in [0.4, 0.5) is 0 Å². The van der Waals surface area contributed by atoms with Crippen LogP contribution in [-0.4, -0.2) is 32.9 Å². The number of amides is 1. The third kappa shape index (κ3) is 4.95. The van der Waals surface area contributed by atoms with Gasteiger partial charge in [0.25, 0.3) is 5.91 Å². The topological polar surface area (TPSA) is 89.3 Å². The van der Waals surface area contributed by atoms with Crippen LogP contribution in [0.1, 0.15) is 40.3 Å². The van der Waals surface area contributed by atoms with E-state index in [1.807, 2.05) is 12.1 Å². The van der Waals surface area contributed by atoms with E-state index < -0.39 is 6.10 Å². The average Bonchev–Trinajstić information content (AvgIpc) is 3.21. The molecule has 0 spiro atoms. The van der Waals surface area contributed by atoms with E-state index in [1.165, 1.54) is 16.6 Å². The smallest absolute Gasteiger partial charge is 0.291 e. The van der Waals surface area contributed by atoms with Crippen molar-refractivity contribution in [2.24, 2.45) is 0 Å². The molecule has 0 saturated heterocycles. The highest BCUT2D eigenvalue weighted by Crippen LogP contribution is 2.18. The third-order valence-electron chi connectivity index (χ3n) is 4.48. The van der Waals surface area contributed by atoms with E-state index in [9.17, 15) is 9.90 Å². The highest BCUT2D eigenvalue weighted by atomic mass is 16.5. The summed E-state index contributed by atoms with van der Waals surface area (Å²) >= 11 is 0. The number of aryl methyl sites for hydroxylation is 1. The van der Waals surface area contributed by atoms with Gasteiger partial charge in [0.2, 0.25) is 5.82 Å². The maximum absolute atomic E-state index is 12.3. The Labute approximate surface area is 164 Å². The Morgan fingerprint density at radius 1 is 1.14 bits per heavy atom. The number of nitrogens with zero attached hydrogens (tertiary/aromatic N) is 3. The van der Waals surface area contributed by atoms with Crippen molar-refractivity contribution in [3.8, 4) is 5.75 Å². The number of carbonyl (C=O) groups excluding carboxylic acids is 1. The Kier molecular flexibility index (Phi) is 6.39. The molecule has 2 N–H and O–H groups in total. The predicted molar refractivity (Wildman–Crippen MR) is 105 cm³/mol. The van der Waals surface area contributed by atoms with Crippen LogP contribution in [0.3, 0.4) is 0 Å². The number of aliphatic hydroxyl groups is 1. The lowest BCUT2D eigenvalue weighted by Gasteiger charge is -2.11. The second-order valence-corrected chi connectivity index (χ2v) is 6.43. The van der Waals surface area contributed by atoms with Crippen LogP contribution < -0.4 is 10.1 Å². The molecule has 2 aromatic carbocycles. The molecule has 1 amide bonds. The number of carbonyl (C=O) groups is 1. The average molecular weight is 380 g/mol. The quantitative estimate of drug-likeness (QED) is 0.627. The fourth-order valence-corrected chi connectivity index (χ4v) is 2.75. The number of ether oxygens (including phenoxy) is 1. The summed E-state index contributed by atoms with van der Waals surface area (Å²) in [4.78, 5) is 16.3. The summed E-state index contributed by atoms with van der Waals surface area (Å²) in [6.07, 6.45) is 1.66. The Bertz CT molecular complexity index is 904. The van der Waals surface area contributed by atoms with E-state index in [1.54, 1.807) is 31.4 Å². The van der Waals surface area contributed by atoms with Crippen LogP contribution >= 0.6 is 0 Å². The Balaban J connectivity index is 1.55. The minimum atomic E-state index is -0.763. The van der Waals surface area contributed by atoms with Crippen molar-refractivity contribution in [1.82, 2.24) is 20.1 Å². The first-order valence-electron chi connectivity index (χ1n) is 9.16. The van der Waals surface area contributed by atoms with Crippen molar-refractivity contribution in [3.63, 3.8) is 0 Å². The van der Waals surface area contributed by atoms with Crippen molar-refractivity contribution in [1.29, 1.82) is 0 Å². The second-order valence-electron chi connectivity index (χ2n) is 6.43. The van der Waals surface area contributed by atoms with Crippen molar-refractivity contribution < 1.29 is 14.6 Å². The molecule has 146 valence electrons. The van der Waals surface area contributed by atoms with Crippen molar-refractivity contribution >= 4 is 5.91 Å². The first kappa shape index (κ1) is 19.6. The largest absolute Gasteiger partial charge is 0.497 e. The molecule has 3 aromatic rings. The molecule has 28 heavy (non-hydrogen) atoms. The van der Waals surface area contributed by atoms with Crippen LogP contribution in [0.5, 0.6) is 5.75 Å². The van der Waals surface area contributed by atoms with E-state index >= 15 is 0 Å². The van der Waals surface area contributed by atoms with Crippen molar-refractivity contribution in [2.75, 3.05) is 7.11 Å². The van der Waals surface area contributed by atoms with Crippen LogP contribution in [0.15, 0.2) is 54.9 Å². The summed E-state index contributed by atoms with van der Waals surface area (Å²) in [5.41, 5.74) is 3.00. The standard InChI is InChI=1S/C21H24N4O3/c1-3-15-4-6-16(7-5-15)12-22-21(27)20-23-14-25(24-20)13-19(26)17-8-10-18(28-2)11-9-17/h4-11,14,19,26H,3,12-13H2,1-2H3,(H,22,27)/t19-/m0/s1. The predicted octanol–water partition coefficient (Wildman–Crippen LogP) is 2.51. The molecule has 7 heteroatoms. The molecule has 1 heterocycles. The van der Waals surface area contributed by atoms with Gasteiger partial charge in [0.05, 0.1) is 19.8 Å². The van der Waals surface area contributed by atoms with Gasteiger partial charge in [-0.3, -0.25) is 4.79 Å². The normalized spacial score (nSPS) is 11.8. The lowest BCUT2D eigenvalue weighted by Crippen LogP contribution is -2.24. The zero-order valence-corrected chi connectivity index (χ0v) is 16.0. The van der Waals surface area contributed by atoms with Crippen LogP contribution in [0.2, 0.25) is 0 Å². The summed E-state index contributed by atoms with van der Waals surface area (Å²) in [6.45, 7) is 2.71. The highest BCUT2D eigenvalue weighted by Gasteiger charge is 2.14. The highest BCUT2D eigenvalue weighted by molar-refractivity contribution is 5.90. The van der Waals surface area contributed by atoms with Gasteiger partial charge in [0, 0.05) is 6.54 Å². The summed E-state index contributed by atoms with van der Waals surface area (Å²) < 4.78 is 6.57. The fraction of sp³-hybridized carbons (Fsp3) is 0.286. The first-order valence-corrected chi connectivity index (χ1v) is 9.16. The first-order chi connectivity index (χ1) is 13.6. The van der Waals surface area contributed by atoms with Gasteiger partial charge in [-0.25, -0.2) is 9.67 Å². The molecule has 1 atom stereocenters. The second kappa shape index (κ2) is 9.14. The van der Waals surface area contributed by atoms with Crippen LogP contribution in [0.25, 0.3) is 0 Å². The summed E-state index contributed by atoms with van der Waals surface area (Å²) in [5, 5.41) is 17.3. The van der Waals surface area contributed by atoms with Gasteiger partial charge >= 0.3 is 0 Å². The van der Waals surface area contributed by atoms with Gasteiger partial charge < -0.3 is 15.2 Å². The fourth-order valence-electron chi connectivity index (χ4n) is 2.75. The van der Waals surface area contributed by atoms with Crippen LogP contribution in [0, 0.1) is 0 Å². The van der Waals surface area contributed by atoms with Gasteiger partial charge in [-0.1, -0.05) is 43.3 Å². The molecule has 3 rings (SSSR count). The molecule has 0 saturated carbocycles. The third-order valence-corrected chi connectivity index (χ3v) is 4.48. The number of methoxy groups -OCH3 is 1. The summed E-state index contributed by atoms with van der Waals surface area (Å²) in [6, 6.07) is 15.2. The SMILES string of the molecule is CCc1ccc(CNC(=O)c2ncn(C[C@H](O)c3ccc(OC)cc3)n2)cc1. The maximum Gasteiger partial charge on any atom is 0.291 e. The number of aliphatic hydroxyl groups excluding tert-OH is 1. The zero-order chi connectivity index (χ0) is 19.9. The number of hydrogen-bond donors (Lipinski definition) is 2. The monoisotopic (exact) mass is 380 g/mol. The molecule has 0 unspecified atom stereocenters. The minimum Gasteiger partial charge on any atom is -0.497 e. The van der Waals surface area contributed by atoms with Crippen molar-refractivity contribution in [2.45, 2.75) is 32.5 Å². The van der Waals surface area contributed by atoms with Gasteiger partial charge in [0.15, 0.2) is 0 Å². The number of rotatable bonds is 8. The number of hydrogen-bond acceptors (Lipinski definition) is 5. The number of aromatic nitrogens is 3. The van der Waals surface area contributed by atoms with E-state index in [-0.39, 0.29) is 18.3 Å². The molecular formula is C21H24N4O3. The molecule has 0 aliphatic heterocycles. The maximum atomic E-state index is 12.3. The van der Waals surface area contributed by atoms with E-state index in [0.717, 1.165) is 23.3 Å². The summed E-state index contributed by atoms with van der Waals surface area (Å²) in [7, 11) is 1.59. The van der Waals surface area contributed by atoms with E-state index in [4.69, 9.17) is 4.74 Å². The summed E-state index contributed by atoms with van der Waals surface area (Å²) in [5.74, 6) is 0.448. The molecule has 0 aliphatic carbocycles. The Hall–Kier alpha value is -3.19.